The van der Waals surface area contributed by atoms with Gasteiger partial charge in [-0.1, -0.05) is 22.9 Å². The normalized spacial score (nSPS) is 21.5. The summed E-state index contributed by atoms with van der Waals surface area (Å²) in [7, 11) is 2.17. The van der Waals surface area contributed by atoms with Gasteiger partial charge >= 0.3 is 0 Å². The van der Waals surface area contributed by atoms with Crippen molar-refractivity contribution in [1.29, 1.82) is 0 Å². The summed E-state index contributed by atoms with van der Waals surface area (Å²) in [4.78, 5) is 2.34. The largest absolute Gasteiger partial charge is 0.374 e. The lowest BCUT2D eigenvalue weighted by atomic mass is 9.92. The summed E-state index contributed by atoms with van der Waals surface area (Å²) >= 11 is 3.52. The molecule has 2 rings (SSSR count). The number of halogens is 1. The van der Waals surface area contributed by atoms with Crippen LogP contribution < -0.4 is 4.90 Å². The van der Waals surface area contributed by atoms with Crippen LogP contribution in [0.15, 0.2) is 22.7 Å². The molecule has 70 valence electrons. The van der Waals surface area contributed by atoms with Crippen LogP contribution in [0.4, 0.5) is 5.69 Å². The minimum Gasteiger partial charge on any atom is -0.374 e. The van der Waals surface area contributed by atoms with Crippen molar-refractivity contribution in [3.63, 3.8) is 0 Å². The van der Waals surface area contributed by atoms with Gasteiger partial charge in [0.2, 0.25) is 0 Å². The van der Waals surface area contributed by atoms with E-state index in [0.717, 1.165) is 0 Å². The fourth-order valence-electron chi connectivity index (χ4n) is 1.93. The Labute approximate surface area is 87.9 Å². The van der Waals surface area contributed by atoms with Gasteiger partial charge in [-0.2, -0.15) is 0 Å². The molecule has 0 aliphatic carbocycles. The molecule has 0 fully saturated rings. The SMILES string of the molecule is CC1CCN(C)c2ccc(Br)cc21. The van der Waals surface area contributed by atoms with Gasteiger partial charge in [0.1, 0.15) is 0 Å². The summed E-state index contributed by atoms with van der Waals surface area (Å²) in [6.07, 6.45) is 1.26. The summed E-state index contributed by atoms with van der Waals surface area (Å²) in [5.41, 5.74) is 2.87. The standard InChI is InChI=1S/C11H14BrN/c1-8-5-6-13(2)11-4-3-9(12)7-10(8)11/h3-4,7-8H,5-6H2,1-2H3. The Morgan fingerprint density at radius 3 is 3.00 bits per heavy atom. The lowest BCUT2D eigenvalue weighted by Crippen LogP contribution is -2.26. The van der Waals surface area contributed by atoms with E-state index in [1.807, 2.05) is 0 Å². The third-order valence-corrected chi connectivity index (χ3v) is 3.32. The quantitative estimate of drug-likeness (QED) is 0.671. The highest BCUT2D eigenvalue weighted by Gasteiger charge is 2.19. The monoisotopic (exact) mass is 239 g/mol. The van der Waals surface area contributed by atoms with Gasteiger partial charge in [-0.15, -0.1) is 0 Å². The number of fused-ring (bicyclic) bond motifs is 1. The predicted molar refractivity (Wildman–Crippen MR) is 60.4 cm³/mol. The van der Waals surface area contributed by atoms with E-state index in [9.17, 15) is 0 Å². The van der Waals surface area contributed by atoms with Gasteiger partial charge in [-0.3, -0.25) is 0 Å². The molecule has 1 atom stereocenters. The Morgan fingerprint density at radius 1 is 1.46 bits per heavy atom. The first kappa shape index (κ1) is 9.07. The van der Waals surface area contributed by atoms with E-state index in [2.05, 4.69) is 53.0 Å². The van der Waals surface area contributed by atoms with E-state index in [4.69, 9.17) is 0 Å². The van der Waals surface area contributed by atoms with Crippen molar-refractivity contribution in [2.24, 2.45) is 0 Å². The van der Waals surface area contributed by atoms with Crippen LogP contribution in [-0.2, 0) is 0 Å². The van der Waals surface area contributed by atoms with Crippen molar-refractivity contribution in [2.75, 3.05) is 18.5 Å². The van der Waals surface area contributed by atoms with Crippen molar-refractivity contribution in [1.82, 2.24) is 0 Å². The van der Waals surface area contributed by atoms with E-state index < -0.39 is 0 Å². The predicted octanol–water partition coefficient (Wildman–Crippen LogP) is 3.39. The molecule has 0 N–H and O–H groups in total. The highest BCUT2D eigenvalue weighted by atomic mass is 79.9. The molecular weight excluding hydrogens is 226 g/mol. The Hall–Kier alpha value is -0.500. The molecule has 0 saturated carbocycles. The molecule has 13 heavy (non-hydrogen) atoms. The van der Waals surface area contributed by atoms with Crippen LogP contribution in [0.1, 0.15) is 24.8 Å². The maximum atomic E-state index is 3.52. The van der Waals surface area contributed by atoms with Crippen LogP contribution in [0, 0.1) is 0 Å². The van der Waals surface area contributed by atoms with Gasteiger partial charge in [0.15, 0.2) is 0 Å². The van der Waals surface area contributed by atoms with Crippen molar-refractivity contribution >= 4 is 21.6 Å². The van der Waals surface area contributed by atoms with Crippen LogP contribution in [0.3, 0.4) is 0 Å². The first-order valence-corrected chi connectivity index (χ1v) is 5.48. The molecule has 1 heterocycles. The van der Waals surface area contributed by atoms with Crippen molar-refractivity contribution < 1.29 is 0 Å². The van der Waals surface area contributed by atoms with Crippen LogP contribution in [-0.4, -0.2) is 13.6 Å². The second kappa shape index (κ2) is 3.33. The molecule has 0 aromatic heterocycles. The van der Waals surface area contributed by atoms with Crippen LogP contribution >= 0.6 is 15.9 Å². The fraction of sp³-hybridized carbons (Fsp3) is 0.455. The average molecular weight is 240 g/mol. The van der Waals surface area contributed by atoms with Gasteiger partial charge < -0.3 is 4.90 Å². The van der Waals surface area contributed by atoms with Crippen LogP contribution in [0.5, 0.6) is 0 Å². The van der Waals surface area contributed by atoms with E-state index >= 15 is 0 Å². The second-order valence-corrected chi connectivity index (χ2v) is 4.73. The number of hydrogen-bond acceptors (Lipinski definition) is 1. The highest BCUT2D eigenvalue weighted by Crippen LogP contribution is 2.35. The second-order valence-electron chi connectivity index (χ2n) is 3.81. The molecule has 2 heteroatoms. The summed E-state index contributed by atoms with van der Waals surface area (Å²) in [6.45, 7) is 3.48. The van der Waals surface area contributed by atoms with Crippen molar-refractivity contribution in [3.05, 3.63) is 28.2 Å². The molecule has 0 radical (unpaired) electrons. The van der Waals surface area contributed by atoms with Gasteiger partial charge in [-0.25, -0.2) is 0 Å². The molecular formula is C11H14BrN. The van der Waals surface area contributed by atoms with E-state index in [1.165, 1.54) is 28.7 Å². The summed E-state index contributed by atoms with van der Waals surface area (Å²) < 4.78 is 1.19. The maximum absolute atomic E-state index is 3.52. The first-order chi connectivity index (χ1) is 6.18. The Bertz CT molecular complexity index is 322. The Balaban J connectivity index is 2.50. The number of hydrogen-bond donors (Lipinski definition) is 0. The molecule has 0 saturated heterocycles. The number of benzene rings is 1. The molecule has 1 aromatic carbocycles. The summed E-state index contributed by atoms with van der Waals surface area (Å²) in [6, 6.07) is 6.57. The molecule has 1 unspecified atom stereocenters. The number of rotatable bonds is 0. The van der Waals surface area contributed by atoms with E-state index in [0.29, 0.717) is 5.92 Å². The number of anilines is 1. The zero-order valence-corrected chi connectivity index (χ0v) is 9.63. The van der Waals surface area contributed by atoms with E-state index in [1.54, 1.807) is 0 Å². The molecule has 1 nitrogen and oxygen atoms in total. The molecule has 0 spiro atoms. The van der Waals surface area contributed by atoms with Crippen LogP contribution in [0.25, 0.3) is 0 Å². The lowest BCUT2D eigenvalue weighted by molar-refractivity contribution is 0.637. The summed E-state index contributed by atoms with van der Waals surface area (Å²) in [5.74, 6) is 0.698. The third kappa shape index (κ3) is 1.60. The Morgan fingerprint density at radius 2 is 2.23 bits per heavy atom. The van der Waals surface area contributed by atoms with Crippen molar-refractivity contribution in [2.45, 2.75) is 19.3 Å². The lowest BCUT2D eigenvalue weighted by Gasteiger charge is -2.31. The topological polar surface area (TPSA) is 3.24 Å². The smallest absolute Gasteiger partial charge is 0.0399 e. The van der Waals surface area contributed by atoms with Crippen LogP contribution in [0.2, 0.25) is 0 Å². The fourth-order valence-corrected chi connectivity index (χ4v) is 2.31. The van der Waals surface area contributed by atoms with Gasteiger partial charge in [0.25, 0.3) is 0 Å². The molecule has 1 aromatic rings. The minimum atomic E-state index is 0.698. The molecule has 0 amide bonds. The summed E-state index contributed by atoms with van der Waals surface area (Å²) in [5, 5.41) is 0. The van der Waals surface area contributed by atoms with Gasteiger partial charge in [-0.05, 0) is 36.1 Å². The third-order valence-electron chi connectivity index (χ3n) is 2.83. The minimum absolute atomic E-state index is 0.698. The zero-order chi connectivity index (χ0) is 9.42. The van der Waals surface area contributed by atoms with E-state index in [-0.39, 0.29) is 0 Å². The molecule has 1 aliphatic heterocycles. The average Bonchev–Trinajstić information content (AvgIpc) is 2.12. The molecule has 1 aliphatic rings. The van der Waals surface area contributed by atoms with Gasteiger partial charge in [0.05, 0.1) is 0 Å². The zero-order valence-electron chi connectivity index (χ0n) is 8.05. The first-order valence-electron chi connectivity index (χ1n) is 4.69. The van der Waals surface area contributed by atoms with Gasteiger partial charge in [0, 0.05) is 23.8 Å². The molecule has 0 bridgehead atoms. The highest BCUT2D eigenvalue weighted by molar-refractivity contribution is 9.10. The van der Waals surface area contributed by atoms with Crippen molar-refractivity contribution in [3.8, 4) is 0 Å². The maximum Gasteiger partial charge on any atom is 0.0399 e. The number of nitrogens with zero attached hydrogens (tertiary/aromatic N) is 1. The Kier molecular flexibility index (Phi) is 2.33.